The van der Waals surface area contributed by atoms with Gasteiger partial charge in [0.1, 0.15) is 11.4 Å². The van der Waals surface area contributed by atoms with E-state index in [1.165, 1.54) is 0 Å². The van der Waals surface area contributed by atoms with Crippen molar-refractivity contribution >= 4 is 17.0 Å². The number of hydrogen-bond donors (Lipinski definition) is 1. The lowest BCUT2D eigenvalue weighted by atomic mass is 10.0. The van der Waals surface area contributed by atoms with Crippen molar-refractivity contribution in [3.05, 3.63) is 59.3 Å². The van der Waals surface area contributed by atoms with Gasteiger partial charge >= 0.3 is 6.09 Å². The number of amides is 1. The standard InChI is InChI=1S/C26H34N4O3/c1-6-22-21-12-9-19(24-16-27-13-14-29(24)25(31)33-26(2,3)4)15-23(21)30(28-22)17-18-7-10-20(32-5)11-8-18/h7-12,15,24,27H,6,13-14,16-17H2,1-5H3. The SMILES string of the molecule is CCc1nn(Cc2ccc(OC)cc2)c2cc(C3CNCCN3C(=O)OC(C)(C)C)ccc12. The first kappa shape index (κ1) is 23.1. The fourth-order valence-corrected chi connectivity index (χ4v) is 4.29. The Morgan fingerprint density at radius 3 is 2.61 bits per heavy atom. The van der Waals surface area contributed by atoms with Crippen LogP contribution in [0.15, 0.2) is 42.5 Å². The first-order chi connectivity index (χ1) is 15.8. The molecule has 176 valence electrons. The van der Waals surface area contributed by atoms with Crippen molar-refractivity contribution in [1.82, 2.24) is 20.0 Å². The highest BCUT2D eigenvalue weighted by molar-refractivity contribution is 5.83. The lowest BCUT2D eigenvalue weighted by molar-refractivity contribution is 0.0118. The van der Waals surface area contributed by atoms with Crippen LogP contribution in [0.5, 0.6) is 5.75 Å². The van der Waals surface area contributed by atoms with Gasteiger partial charge in [-0.2, -0.15) is 5.10 Å². The summed E-state index contributed by atoms with van der Waals surface area (Å²) in [5.41, 5.74) is 3.87. The van der Waals surface area contributed by atoms with E-state index in [4.69, 9.17) is 14.6 Å². The van der Waals surface area contributed by atoms with E-state index in [-0.39, 0.29) is 12.1 Å². The van der Waals surface area contributed by atoms with Crippen LogP contribution in [0.25, 0.3) is 10.9 Å². The van der Waals surface area contributed by atoms with Crippen molar-refractivity contribution < 1.29 is 14.3 Å². The molecule has 1 N–H and O–H groups in total. The van der Waals surface area contributed by atoms with E-state index >= 15 is 0 Å². The number of rotatable bonds is 5. The van der Waals surface area contributed by atoms with E-state index in [0.29, 0.717) is 19.6 Å². The summed E-state index contributed by atoms with van der Waals surface area (Å²) in [7, 11) is 1.67. The molecule has 0 saturated carbocycles. The zero-order valence-corrected chi connectivity index (χ0v) is 20.2. The highest BCUT2D eigenvalue weighted by atomic mass is 16.6. The number of aryl methyl sites for hydroxylation is 1. The Kier molecular flexibility index (Phi) is 6.61. The van der Waals surface area contributed by atoms with Crippen molar-refractivity contribution in [2.24, 2.45) is 0 Å². The number of benzene rings is 2. The lowest BCUT2D eigenvalue weighted by Crippen LogP contribution is -2.50. The maximum Gasteiger partial charge on any atom is 0.410 e. The molecule has 7 nitrogen and oxygen atoms in total. The Labute approximate surface area is 195 Å². The Morgan fingerprint density at radius 2 is 1.94 bits per heavy atom. The average Bonchev–Trinajstić information content (AvgIpc) is 3.15. The number of methoxy groups -OCH3 is 1. The second-order valence-corrected chi connectivity index (χ2v) is 9.48. The molecule has 1 aliphatic rings. The summed E-state index contributed by atoms with van der Waals surface area (Å²) in [4.78, 5) is 14.8. The molecule has 1 amide bonds. The summed E-state index contributed by atoms with van der Waals surface area (Å²) in [5, 5.41) is 9.48. The summed E-state index contributed by atoms with van der Waals surface area (Å²) in [6.45, 7) is 10.6. The van der Waals surface area contributed by atoms with Gasteiger partial charge in [-0.3, -0.25) is 9.58 Å². The second kappa shape index (κ2) is 9.43. The number of nitrogens with one attached hydrogen (secondary N) is 1. The predicted octanol–water partition coefficient (Wildman–Crippen LogP) is 4.54. The predicted molar refractivity (Wildman–Crippen MR) is 130 cm³/mol. The molecule has 7 heteroatoms. The molecule has 1 aromatic heterocycles. The minimum atomic E-state index is -0.524. The molecular weight excluding hydrogens is 416 g/mol. The van der Waals surface area contributed by atoms with Gasteiger partial charge in [-0.1, -0.05) is 31.2 Å². The van der Waals surface area contributed by atoms with Crippen LogP contribution in [0.1, 0.15) is 50.6 Å². The average molecular weight is 451 g/mol. The van der Waals surface area contributed by atoms with Crippen molar-refractivity contribution in [1.29, 1.82) is 0 Å². The van der Waals surface area contributed by atoms with Crippen LogP contribution in [0.4, 0.5) is 4.79 Å². The molecule has 1 unspecified atom stereocenters. The van der Waals surface area contributed by atoms with Crippen LogP contribution >= 0.6 is 0 Å². The summed E-state index contributed by atoms with van der Waals surface area (Å²) >= 11 is 0. The van der Waals surface area contributed by atoms with Crippen molar-refractivity contribution in [3.63, 3.8) is 0 Å². The highest BCUT2D eigenvalue weighted by Gasteiger charge is 2.31. The van der Waals surface area contributed by atoms with Gasteiger partial charge in [-0.05, 0) is 56.5 Å². The molecule has 4 rings (SSSR count). The van der Waals surface area contributed by atoms with Crippen molar-refractivity contribution in [2.45, 2.75) is 52.3 Å². The van der Waals surface area contributed by atoms with Gasteiger partial charge in [0, 0.05) is 25.0 Å². The number of fused-ring (bicyclic) bond motifs is 1. The zero-order valence-electron chi connectivity index (χ0n) is 20.2. The Morgan fingerprint density at radius 1 is 1.18 bits per heavy atom. The van der Waals surface area contributed by atoms with Gasteiger partial charge < -0.3 is 14.8 Å². The Balaban J connectivity index is 1.68. The Bertz CT molecular complexity index is 1120. The number of carbonyl (C=O) groups excluding carboxylic acids is 1. The first-order valence-corrected chi connectivity index (χ1v) is 11.6. The molecule has 1 aliphatic heterocycles. The quantitative estimate of drug-likeness (QED) is 0.618. The number of carbonyl (C=O) groups is 1. The topological polar surface area (TPSA) is 68.6 Å². The molecule has 2 aromatic carbocycles. The number of ether oxygens (including phenoxy) is 2. The molecule has 1 atom stereocenters. The van der Waals surface area contributed by atoms with Crippen molar-refractivity contribution in [3.8, 4) is 5.75 Å². The van der Waals surface area contributed by atoms with Crippen LogP contribution in [0, 0.1) is 0 Å². The normalized spacial score (nSPS) is 16.8. The molecule has 2 heterocycles. The van der Waals surface area contributed by atoms with Crippen LogP contribution in [-0.2, 0) is 17.7 Å². The third-order valence-electron chi connectivity index (χ3n) is 5.93. The highest BCUT2D eigenvalue weighted by Crippen LogP contribution is 2.29. The van der Waals surface area contributed by atoms with E-state index < -0.39 is 5.60 Å². The number of aromatic nitrogens is 2. The van der Waals surface area contributed by atoms with Crippen LogP contribution in [-0.4, -0.2) is 53.1 Å². The summed E-state index contributed by atoms with van der Waals surface area (Å²) < 4.78 is 13.0. The lowest BCUT2D eigenvalue weighted by Gasteiger charge is -2.37. The molecule has 0 spiro atoms. The van der Waals surface area contributed by atoms with Gasteiger partial charge in [0.2, 0.25) is 0 Å². The third-order valence-corrected chi connectivity index (χ3v) is 5.93. The van der Waals surface area contributed by atoms with Gasteiger partial charge in [0.25, 0.3) is 0 Å². The molecule has 3 aromatic rings. The summed E-state index contributed by atoms with van der Waals surface area (Å²) in [6.07, 6.45) is 0.593. The molecule has 0 bridgehead atoms. The minimum Gasteiger partial charge on any atom is -0.497 e. The molecule has 1 saturated heterocycles. The van der Waals surface area contributed by atoms with E-state index in [0.717, 1.165) is 46.4 Å². The molecule has 1 fully saturated rings. The van der Waals surface area contributed by atoms with Gasteiger partial charge in [0.05, 0.1) is 30.9 Å². The molecule has 0 radical (unpaired) electrons. The third kappa shape index (κ3) is 5.14. The van der Waals surface area contributed by atoms with E-state index in [2.05, 4.69) is 47.3 Å². The molecule has 0 aliphatic carbocycles. The number of nitrogens with zero attached hydrogens (tertiary/aromatic N) is 3. The van der Waals surface area contributed by atoms with Gasteiger partial charge in [-0.25, -0.2) is 4.79 Å². The van der Waals surface area contributed by atoms with Crippen LogP contribution in [0.2, 0.25) is 0 Å². The molecule has 33 heavy (non-hydrogen) atoms. The summed E-state index contributed by atoms with van der Waals surface area (Å²) in [6, 6.07) is 14.4. The van der Waals surface area contributed by atoms with E-state index in [1.807, 2.05) is 37.8 Å². The van der Waals surface area contributed by atoms with E-state index in [9.17, 15) is 4.79 Å². The maximum atomic E-state index is 12.9. The zero-order chi connectivity index (χ0) is 23.6. The van der Waals surface area contributed by atoms with E-state index in [1.54, 1.807) is 7.11 Å². The van der Waals surface area contributed by atoms with Crippen molar-refractivity contribution in [2.75, 3.05) is 26.7 Å². The molecular formula is C26H34N4O3. The fourth-order valence-electron chi connectivity index (χ4n) is 4.29. The monoisotopic (exact) mass is 450 g/mol. The number of piperazine rings is 1. The largest absolute Gasteiger partial charge is 0.497 e. The minimum absolute atomic E-state index is 0.0904. The van der Waals surface area contributed by atoms with Gasteiger partial charge in [0.15, 0.2) is 0 Å². The summed E-state index contributed by atoms with van der Waals surface area (Å²) in [5.74, 6) is 0.840. The maximum absolute atomic E-state index is 12.9. The van der Waals surface area contributed by atoms with Crippen LogP contribution in [0.3, 0.4) is 0 Å². The fraction of sp³-hybridized carbons (Fsp3) is 0.462. The smallest absolute Gasteiger partial charge is 0.410 e. The number of hydrogen-bond acceptors (Lipinski definition) is 5. The second-order valence-electron chi connectivity index (χ2n) is 9.48. The van der Waals surface area contributed by atoms with Gasteiger partial charge in [-0.15, -0.1) is 0 Å². The first-order valence-electron chi connectivity index (χ1n) is 11.6. The Hall–Kier alpha value is -3.06. The van der Waals surface area contributed by atoms with Crippen LogP contribution < -0.4 is 10.1 Å².